The second-order valence-electron chi connectivity index (χ2n) is 1.82. The highest BCUT2D eigenvalue weighted by molar-refractivity contribution is 5.90. The Labute approximate surface area is 60.6 Å². The van der Waals surface area contributed by atoms with Gasteiger partial charge >= 0.3 is 0 Å². The number of hydrogen-bond acceptors (Lipinski definition) is 3. The summed E-state index contributed by atoms with van der Waals surface area (Å²) < 4.78 is 9.57. The fourth-order valence-electron chi connectivity index (χ4n) is 0.350. The molecule has 0 aliphatic carbocycles. The Hall–Kier alpha value is -0.830. The minimum Gasteiger partial charge on any atom is -0.488 e. The maximum atomic E-state index is 10.5. The van der Waals surface area contributed by atoms with E-state index in [1.54, 1.807) is 7.11 Å². The largest absolute Gasteiger partial charge is 0.488 e. The van der Waals surface area contributed by atoms with E-state index in [0.717, 1.165) is 0 Å². The molecule has 58 valence electrons. The number of ether oxygens (including phenoxy) is 2. The summed E-state index contributed by atoms with van der Waals surface area (Å²) in [6.07, 6.45) is 0. The SMILES string of the molecule is C=C(OCCOC)C(C)=O. The summed E-state index contributed by atoms with van der Waals surface area (Å²) in [5.41, 5.74) is 0. The van der Waals surface area contributed by atoms with Crippen LogP contribution in [0.25, 0.3) is 0 Å². The molecule has 0 unspecified atom stereocenters. The summed E-state index contributed by atoms with van der Waals surface area (Å²) in [7, 11) is 1.57. The predicted octanol–water partition coefficient (Wildman–Crippen LogP) is 0.752. The summed E-state index contributed by atoms with van der Waals surface area (Å²) in [5, 5.41) is 0. The van der Waals surface area contributed by atoms with E-state index in [9.17, 15) is 4.79 Å². The number of rotatable bonds is 5. The Balaban J connectivity index is 3.31. The number of hydrogen-bond donors (Lipinski definition) is 0. The minimum atomic E-state index is -0.142. The zero-order valence-electron chi connectivity index (χ0n) is 6.35. The van der Waals surface area contributed by atoms with Crippen molar-refractivity contribution in [2.45, 2.75) is 6.92 Å². The number of allylic oxidation sites excluding steroid dienone is 1. The number of Topliss-reactive ketones (excluding diaryl/α,β-unsaturated/α-hetero) is 1. The Bertz CT molecular complexity index is 129. The van der Waals surface area contributed by atoms with E-state index < -0.39 is 0 Å². The van der Waals surface area contributed by atoms with Crippen molar-refractivity contribution in [3.05, 3.63) is 12.3 Å². The molecule has 0 spiro atoms. The molecule has 0 radical (unpaired) electrons. The first kappa shape index (κ1) is 9.17. The van der Waals surface area contributed by atoms with Gasteiger partial charge in [-0.2, -0.15) is 0 Å². The second kappa shape index (κ2) is 4.99. The normalized spacial score (nSPS) is 9.00. The Kier molecular flexibility index (Phi) is 4.58. The fraction of sp³-hybridized carbons (Fsp3) is 0.571. The number of ketones is 1. The van der Waals surface area contributed by atoms with Crippen molar-refractivity contribution in [3.8, 4) is 0 Å². The molecular formula is C7H12O3. The topological polar surface area (TPSA) is 35.5 Å². The summed E-state index contributed by atoms with van der Waals surface area (Å²) in [5.74, 6) is 0.0492. The zero-order valence-corrected chi connectivity index (χ0v) is 6.35. The van der Waals surface area contributed by atoms with Gasteiger partial charge in [0, 0.05) is 14.0 Å². The smallest absolute Gasteiger partial charge is 0.193 e. The molecule has 0 rings (SSSR count). The van der Waals surface area contributed by atoms with E-state index in [0.29, 0.717) is 13.2 Å². The maximum absolute atomic E-state index is 10.5. The maximum Gasteiger partial charge on any atom is 0.193 e. The molecule has 0 bridgehead atoms. The van der Waals surface area contributed by atoms with Crippen molar-refractivity contribution in [3.63, 3.8) is 0 Å². The first-order valence-corrected chi connectivity index (χ1v) is 3.00. The Morgan fingerprint density at radius 1 is 1.50 bits per heavy atom. The van der Waals surface area contributed by atoms with Crippen LogP contribution in [0.5, 0.6) is 0 Å². The molecule has 0 fully saturated rings. The van der Waals surface area contributed by atoms with E-state index in [4.69, 9.17) is 9.47 Å². The van der Waals surface area contributed by atoms with E-state index in [-0.39, 0.29) is 11.5 Å². The van der Waals surface area contributed by atoms with E-state index in [1.807, 2.05) is 0 Å². The van der Waals surface area contributed by atoms with Gasteiger partial charge in [-0.05, 0) is 0 Å². The van der Waals surface area contributed by atoms with Crippen LogP contribution in [0.4, 0.5) is 0 Å². The van der Waals surface area contributed by atoms with Crippen molar-refractivity contribution in [1.29, 1.82) is 0 Å². The van der Waals surface area contributed by atoms with Gasteiger partial charge in [0.05, 0.1) is 6.61 Å². The molecule has 0 aromatic heterocycles. The van der Waals surface area contributed by atoms with Gasteiger partial charge < -0.3 is 9.47 Å². The molecule has 0 heterocycles. The first-order valence-electron chi connectivity index (χ1n) is 3.00. The van der Waals surface area contributed by atoms with Crippen molar-refractivity contribution >= 4 is 5.78 Å². The van der Waals surface area contributed by atoms with E-state index >= 15 is 0 Å². The van der Waals surface area contributed by atoms with Gasteiger partial charge in [0.2, 0.25) is 0 Å². The summed E-state index contributed by atoms with van der Waals surface area (Å²) in [6, 6.07) is 0. The van der Waals surface area contributed by atoms with Crippen LogP contribution in [-0.2, 0) is 14.3 Å². The number of carbonyl (C=O) groups excluding carboxylic acids is 1. The average Bonchev–Trinajstić information content (AvgIpc) is 1.88. The molecule has 0 aromatic carbocycles. The van der Waals surface area contributed by atoms with Crippen LogP contribution in [0.2, 0.25) is 0 Å². The zero-order chi connectivity index (χ0) is 7.98. The minimum absolute atomic E-state index is 0.142. The van der Waals surface area contributed by atoms with E-state index in [1.165, 1.54) is 6.92 Å². The molecule has 0 saturated carbocycles. The van der Waals surface area contributed by atoms with Crippen LogP contribution < -0.4 is 0 Å². The van der Waals surface area contributed by atoms with Gasteiger partial charge in [-0.1, -0.05) is 6.58 Å². The van der Waals surface area contributed by atoms with Crippen LogP contribution in [0.1, 0.15) is 6.92 Å². The van der Waals surface area contributed by atoms with Crippen LogP contribution >= 0.6 is 0 Å². The summed E-state index contributed by atoms with van der Waals surface area (Å²) in [4.78, 5) is 10.5. The molecule has 3 heteroatoms. The number of carbonyl (C=O) groups is 1. The van der Waals surface area contributed by atoms with Crippen molar-refractivity contribution in [1.82, 2.24) is 0 Å². The third kappa shape index (κ3) is 4.09. The highest BCUT2D eigenvalue weighted by Gasteiger charge is 1.98. The lowest BCUT2D eigenvalue weighted by Crippen LogP contribution is -2.05. The molecule has 0 aliphatic heterocycles. The first-order chi connectivity index (χ1) is 4.68. The molecule has 0 atom stereocenters. The third-order valence-corrected chi connectivity index (χ3v) is 0.956. The van der Waals surface area contributed by atoms with Crippen LogP contribution in [-0.4, -0.2) is 26.1 Å². The summed E-state index contributed by atoms with van der Waals surface area (Å²) >= 11 is 0. The third-order valence-electron chi connectivity index (χ3n) is 0.956. The van der Waals surface area contributed by atoms with Gasteiger partial charge in [-0.3, -0.25) is 4.79 Å². The van der Waals surface area contributed by atoms with E-state index in [2.05, 4.69) is 6.58 Å². The predicted molar refractivity (Wildman–Crippen MR) is 37.6 cm³/mol. The molecular weight excluding hydrogens is 132 g/mol. The van der Waals surface area contributed by atoms with Crippen LogP contribution in [0.3, 0.4) is 0 Å². The molecule has 0 aliphatic rings. The molecule has 0 saturated heterocycles. The van der Waals surface area contributed by atoms with Crippen molar-refractivity contribution in [2.24, 2.45) is 0 Å². The van der Waals surface area contributed by atoms with Gasteiger partial charge in [-0.15, -0.1) is 0 Å². The van der Waals surface area contributed by atoms with Gasteiger partial charge in [-0.25, -0.2) is 0 Å². The lowest BCUT2D eigenvalue weighted by Gasteiger charge is -2.03. The Morgan fingerprint density at radius 3 is 2.50 bits per heavy atom. The molecule has 0 N–H and O–H groups in total. The van der Waals surface area contributed by atoms with Crippen LogP contribution in [0.15, 0.2) is 12.3 Å². The molecule has 10 heavy (non-hydrogen) atoms. The van der Waals surface area contributed by atoms with Gasteiger partial charge in [0.25, 0.3) is 0 Å². The highest BCUT2D eigenvalue weighted by Crippen LogP contribution is 1.93. The highest BCUT2D eigenvalue weighted by atomic mass is 16.5. The Morgan fingerprint density at radius 2 is 2.10 bits per heavy atom. The molecule has 0 amide bonds. The lowest BCUT2D eigenvalue weighted by atomic mass is 10.4. The number of methoxy groups -OCH3 is 1. The van der Waals surface area contributed by atoms with Crippen molar-refractivity contribution < 1.29 is 14.3 Å². The molecule has 3 nitrogen and oxygen atoms in total. The second-order valence-corrected chi connectivity index (χ2v) is 1.82. The van der Waals surface area contributed by atoms with Crippen LogP contribution in [0, 0.1) is 0 Å². The average molecular weight is 144 g/mol. The van der Waals surface area contributed by atoms with Gasteiger partial charge in [0.1, 0.15) is 6.61 Å². The summed E-state index contributed by atoms with van der Waals surface area (Å²) in [6.45, 7) is 5.67. The fourth-order valence-corrected chi connectivity index (χ4v) is 0.350. The van der Waals surface area contributed by atoms with Gasteiger partial charge in [0.15, 0.2) is 11.5 Å². The standard InChI is InChI=1S/C7H12O3/c1-6(8)7(2)10-5-4-9-3/h2,4-5H2,1,3H3. The monoisotopic (exact) mass is 144 g/mol. The quantitative estimate of drug-likeness (QED) is 0.324. The van der Waals surface area contributed by atoms with Crippen molar-refractivity contribution in [2.75, 3.05) is 20.3 Å². The lowest BCUT2D eigenvalue weighted by molar-refractivity contribution is -0.117. The molecule has 0 aromatic rings.